The Bertz CT molecular complexity index is 1060. The fourth-order valence-corrected chi connectivity index (χ4v) is 5.87. The Labute approximate surface area is 177 Å². The van der Waals surface area contributed by atoms with Crippen molar-refractivity contribution >= 4 is 21.6 Å². The highest BCUT2D eigenvalue weighted by Crippen LogP contribution is 2.43. The number of ether oxygens (including phenoxy) is 2. The van der Waals surface area contributed by atoms with Crippen LogP contribution in [0.5, 0.6) is 11.5 Å². The lowest BCUT2D eigenvalue weighted by Gasteiger charge is -2.26. The Balaban J connectivity index is 1.73. The summed E-state index contributed by atoms with van der Waals surface area (Å²) in [6.45, 7) is 1.12. The highest BCUT2D eigenvalue weighted by Gasteiger charge is 2.43. The molecule has 10 heteroatoms. The van der Waals surface area contributed by atoms with Gasteiger partial charge in [-0.15, -0.1) is 0 Å². The Morgan fingerprint density at radius 2 is 1.73 bits per heavy atom. The van der Waals surface area contributed by atoms with Crippen LogP contribution in [0.3, 0.4) is 0 Å². The summed E-state index contributed by atoms with van der Waals surface area (Å²) < 4.78 is 79.5. The van der Waals surface area contributed by atoms with Gasteiger partial charge in [0.25, 0.3) is 0 Å². The van der Waals surface area contributed by atoms with Crippen LogP contribution in [-0.2, 0) is 16.2 Å². The van der Waals surface area contributed by atoms with Crippen LogP contribution in [0, 0.1) is 0 Å². The van der Waals surface area contributed by atoms with Crippen molar-refractivity contribution in [3.63, 3.8) is 0 Å². The van der Waals surface area contributed by atoms with Gasteiger partial charge in [-0.2, -0.15) is 17.5 Å². The number of halogens is 4. The molecule has 1 fully saturated rings. The zero-order valence-corrected chi connectivity index (χ0v) is 17.4. The molecule has 162 valence electrons. The summed E-state index contributed by atoms with van der Waals surface area (Å²) in [5.41, 5.74) is -0.609. The minimum Gasteiger partial charge on any atom is -0.490 e. The average molecular weight is 462 g/mol. The van der Waals surface area contributed by atoms with Crippen molar-refractivity contribution < 1.29 is 31.1 Å². The second kappa shape index (κ2) is 7.94. The van der Waals surface area contributed by atoms with Crippen molar-refractivity contribution in [2.45, 2.75) is 36.4 Å². The molecule has 4 rings (SSSR count). The number of alkyl halides is 3. The summed E-state index contributed by atoms with van der Waals surface area (Å²) in [6.07, 6.45) is -3.09. The molecule has 2 aliphatic rings. The van der Waals surface area contributed by atoms with Crippen LogP contribution in [0.2, 0.25) is 5.02 Å². The summed E-state index contributed by atoms with van der Waals surface area (Å²) in [6, 6.07) is 7.29. The lowest BCUT2D eigenvalue weighted by Crippen LogP contribution is -2.32. The Morgan fingerprint density at radius 3 is 2.47 bits per heavy atom. The van der Waals surface area contributed by atoms with Gasteiger partial charge in [-0.05, 0) is 48.7 Å². The summed E-state index contributed by atoms with van der Waals surface area (Å²) >= 11 is 5.70. The third-order valence-electron chi connectivity index (χ3n) is 5.19. The van der Waals surface area contributed by atoms with E-state index in [4.69, 9.17) is 21.1 Å². The van der Waals surface area contributed by atoms with Gasteiger partial charge in [0.05, 0.1) is 29.7 Å². The molecule has 0 aromatic heterocycles. The van der Waals surface area contributed by atoms with E-state index in [1.807, 2.05) is 0 Å². The largest absolute Gasteiger partial charge is 0.490 e. The molecule has 0 amide bonds. The summed E-state index contributed by atoms with van der Waals surface area (Å²) in [7, 11) is -4.41. The summed E-state index contributed by atoms with van der Waals surface area (Å²) in [5, 5.41) is -0.179. The number of sulfonamides is 1. The monoisotopic (exact) mass is 461 g/mol. The van der Waals surface area contributed by atoms with Crippen LogP contribution in [-0.4, -0.2) is 32.5 Å². The van der Waals surface area contributed by atoms with Crippen molar-refractivity contribution in [3.8, 4) is 11.5 Å². The van der Waals surface area contributed by atoms with Crippen LogP contribution in [0.25, 0.3) is 0 Å². The molecular formula is C20H19ClF3NO4S. The maximum Gasteiger partial charge on any atom is 0.417 e. The van der Waals surface area contributed by atoms with E-state index in [0.29, 0.717) is 49.2 Å². The number of rotatable bonds is 3. The van der Waals surface area contributed by atoms with E-state index < -0.39 is 32.7 Å². The zero-order valence-electron chi connectivity index (χ0n) is 15.8. The average Bonchev–Trinajstić information content (AvgIpc) is 3.07. The van der Waals surface area contributed by atoms with Crippen molar-refractivity contribution in [2.24, 2.45) is 0 Å². The highest BCUT2D eigenvalue weighted by atomic mass is 35.5. The smallest absolute Gasteiger partial charge is 0.417 e. The van der Waals surface area contributed by atoms with E-state index in [0.717, 1.165) is 22.9 Å². The molecule has 1 saturated heterocycles. The fraction of sp³-hybridized carbons (Fsp3) is 0.400. The molecule has 0 unspecified atom stereocenters. The second-order valence-electron chi connectivity index (χ2n) is 7.17. The summed E-state index contributed by atoms with van der Waals surface area (Å²) in [5.74, 6) is 1.08. The molecule has 2 heterocycles. The van der Waals surface area contributed by atoms with Gasteiger partial charge in [0.1, 0.15) is 0 Å². The van der Waals surface area contributed by atoms with Crippen molar-refractivity contribution in [3.05, 3.63) is 52.5 Å². The normalized spacial score (nSPS) is 20.2. The number of benzene rings is 2. The lowest BCUT2D eigenvalue weighted by molar-refractivity contribution is -0.139. The minimum atomic E-state index is -4.85. The van der Waals surface area contributed by atoms with E-state index in [1.54, 1.807) is 18.2 Å². The molecule has 2 aliphatic heterocycles. The van der Waals surface area contributed by atoms with E-state index in [-0.39, 0.29) is 11.6 Å². The third kappa shape index (κ3) is 3.98. The molecule has 5 nitrogen and oxygen atoms in total. The SMILES string of the molecule is O=S(=O)(c1ccc(Cl)cc1C(F)(F)F)N1CCC[C@H]1c1ccc2c(c1)OCCCO2. The first kappa shape index (κ1) is 21.3. The molecule has 0 radical (unpaired) electrons. The minimum absolute atomic E-state index is 0.126. The maximum absolute atomic E-state index is 13.5. The molecule has 30 heavy (non-hydrogen) atoms. The number of hydrogen-bond acceptors (Lipinski definition) is 4. The number of hydrogen-bond donors (Lipinski definition) is 0. The van der Waals surface area contributed by atoms with Gasteiger partial charge < -0.3 is 9.47 Å². The second-order valence-corrected chi connectivity index (χ2v) is 9.46. The van der Waals surface area contributed by atoms with Crippen molar-refractivity contribution in [2.75, 3.05) is 19.8 Å². The van der Waals surface area contributed by atoms with Gasteiger partial charge in [0, 0.05) is 18.0 Å². The van der Waals surface area contributed by atoms with Crippen LogP contribution in [0.15, 0.2) is 41.3 Å². The molecule has 0 saturated carbocycles. The van der Waals surface area contributed by atoms with Gasteiger partial charge in [-0.3, -0.25) is 0 Å². The van der Waals surface area contributed by atoms with Crippen LogP contribution in [0.4, 0.5) is 13.2 Å². The van der Waals surface area contributed by atoms with Crippen molar-refractivity contribution in [1.29, 1.82) is 0 Å². The fourth-order valence-electron chi connectivity index (χ4n) is 3.82. The number of nitrogens with zero attached hydrogens (tertiary/aromatic N) is 1. The zero-order chi connectivity index (χ0) is 21.5. The van der Waals surface area contributed by atoms with Gasteiger partial charge in [-0.1, -0.05) is 17.7 Å². The Morgan fingerprint density at radius 1 is 1.00 bits per heavy atom. The predicted octanol–water partition coefficient (Wildman–Crippen LogP) is 5.05. The molecule has 1 atom stereocenters. The first-order valence-electron chi connectivity index (χ1n) is 9.46. The van der Waals surface area contributed by atoms with E-state index in [9.17, 15) is 21.6 Å². The maximum atomic E-state index is 13.5. The van der Waals surface area contributed by atoms with Gasteiger partial charge in [0.15, 0.2) is 11.5 Å². The van der Waals surface area contributed by atoms with Crippen molar-refractivity contribution in [1.82, 2.24) is 4.31 Å². The van der Waals surface area contributed by atoms with Gasteiger partial charge in [0.2, 0.25) is 10.0 Å². The Kier molecular flexibility index (Phi) is 5.63. The standard InChI is InChI=1S/C20H19ClF3NO4S/c21-14-5-7-19(15(12-14)20(22,23)24)30(26,27)25-8-1-3-16(25)13-4-6-17-18(11-13)29-10-2-9-28-17/h4-7,11-12,16H,1-3,8-10H2/t16-/m0/s1. The molecule has 0 aliphatic carbocycles. The van der Waals surface area contributed by atoms with E-state index in [1.165, 1.54) is 0 Å². The molecule has 2 aromatic carbocycles. The van der Waals surface area contributed by atoms with Crippen LogP contribution in [0.1, 0.15) is 36.4 Å². The quantitative estimate of drug-likeness (QED) is 0.642. The summed E-state index contributed by atoms with van der Waals surface area (Å²) in [4.78, 5) is -0.791. The van der Waals surface area contributed by atoms with Crippen LogP contribution >= 0.6 is 11.6 Å². The van der Waals surface area contributed by atoms with Crippen LogP contribution < -0.4 is 9.47 Å². The van der Waals surface area contributed by atoms with Gasteiger partial charge >= 0.3 is 6.18 Å². The third-order valence-corrected chi connectivity index (χ3v) is 7.40. The topological polar surface area (TPSA) is 55.8 Å². The van der Waals surface area contributed by atoms with E-state index in [2.05, 4.69) is 0 Å². The Hall–Kier alpha value is -1.97. The van der Waals surface area contributed by atoms with E-state index >= 15 is 0 Å². The molecule has 0 N–H and O–H groups in total. The number of fused-ring (bicyclic) bond motifs is 1. The molecule has 2 aromatic rings. The molecule has 0 spiro atoms. The van der Waals surface area contributed by atoms with Gasteiger partial charge in [-0.25, -0.2) is 8.42 Å². The first-order valence-corrected chi connectivity index (χ1v) is 11.3. The highest BCUT2D eigenvalue weighted by molar-refractivity contribution is 7.89. The molecular weight excluding hydrogens is 443 g/mol. The predicted molar refractivity (Wildman–Crippen MR) is 104 cm³/mol. The molecule has 0 bridgehead atoms. The lowest BCUT2D eigenvalue weighted by atomic mass is 10.0. The first-order chi connectivity index (χ1) is 14.2.